The van der Waals surface area contributed by atoms with Gasteiger partial charge in [0.25, 0.3) is 0 Å². The van der Waals surface area contributed by atoms with Gasteiger partial charge in [-0.1, -0.05) is 13.3 Å². The fraction of sp³-hybridized carbons (Fsp3) is 0.211. The third kappa shape index (κ3) is 4.73. The van der Waals surface area contributed by atoms with Gasteiger partial charge in [0.1, 0.15) is 33.3 Å². The topological polar surface area (TPSA) is 78.2 Å². The lowest BCUT2D eigenvalue weighted by molar-refractivity contribution is 0.463. The second-order valence-electron chi connectivity index (χ2n) is 5.81. The second-order valence-corrected chi connectivity index (χ2v) is 8.55. The molecule has 0 amide bonds. The van der Waals surface area contributed by atoms with Gasteiger partial charge in [-0.2, -0.15) is 5.26 Å². The van der Waals surface area contributed by atoms with Crippen molar-refractivity contribution in [1.82, 2.24) is 0 Å². The van der Waals surface area contributed by atoms with Crippen LogP contribution >= 0.6 is 15.9 Å². The Morgan fingerprint density at radius 2 is 2.00 bits per heavy atom. The number of aromatic hydroxyl groups is 1. The molecule has 4 nitrogen and oxygen atoms in total. The van der Waals surface area contributed by atoms with Gasteiger partial charge in [-0.3, -0.25) is 0 Å². The molecule has 0 aliphatic carbocycles. The van der Waals surface area contributed by atoms with Gasteiger partial charge < -0.3 is 5.11 Å². The van der Waals surface area contributed by atoms with E-state index in [1.807, 2.05) is 6.92 Å². The summed E-state index contributed by atoms with van der Waals surface area (Å²) < 4.78 is 52.5. The fourth-order valence-electron chi connectivity index (χ4n) is 2.45. The van der Waals surface area contributed by atoms with Crippen LogP contribution in [-0.2, 0) is 16.3 Å². The summed E-state index contributed by atoms with van der Waals surface area (Å²) >= 11 is 3.20. The number of rotatable bonds is 6. The normalized spacial score (nSPS) is 12.0. The monoisotopic (exact) mass is 455 g/mol. The molecule has 27 heavy (non-hydrogen) atoms. The Bertz CT molecular complexity index is 1040. The van der Waals surface area contributed by atoms with Crippen molar-refractivity contribution in [3.05, 3.63) is 62.5 Å². The first-order valence-electron chi connectivity index (χ1n) is 8.04. The summed E-state index contributed by atoms with van der Waals surface area (Å²) in [4.78, 5) is -1.47. The highest BCUT2D eigenvalue weighted by Crippen LogP contribution is 2.32. The number of nitriles is 1. The van der Waals surface area contributed by atoms with E-state index in [2.05, 4.69) is 15.9 Å². The number of phenolic OH excluding ortho intramolecular Hbond substituents is 1. The maximum atomic E-state index is 13.9. The van der Waals surface area contributed by atoms with E-state index in [-0.39, 0.29) is 5.75 Å². The molecule has 0 heterocycles. The smallest absolute Gasteiger partial charge is 0.219 e. The summed E-state index contributed by atoms with van der Waals surface area (Å²) in [6, 6.07) is 6.63. The Hall–Kier alpha value is -2.24. The molecule has 0 aliphatic rings. The summed E-state index contributed by atoms with van der Waals surface area (Å²) in [5.41, 5.74) is 0.952. The highest BCUT2D eigenvalue weighted by molar-refractivity contribution is 9.10. The zero-order valence-corrected chi connectivity index (χ0v) is 16.7. The number of sulfone groups is 1. The predicted octanol–water partition coefficient (Wildman–Crippen LogP) is 5.11. The van der Waals surface area contributed by atoms with Gasteiger partial charge in [-0.05, 0) is 70.2 Å². The van der Waals surface area contributed by atoms with Crippen molar-refractivity contribution in [2.24, 2.45) is 0 Å². The predicted molar refractivity (Wildman–Crippen MR) is 102 cm³/mol. The number of hydrogen-bond acceptors (Lipinski definition) is 4. The van der Waals surface area contributed by atoms with E-state index in [0.29, 0.717) is 28.1 Å². The van der Waals surface area contributed by atoms with Crippen LogP contribution < -0.4 is 0 Å². The molecule has 0 aliphatic heterocycles. The zero-order chi connectivity index (χ0) is 20.2. The minimum absolute atomic E-state index is 0.0477. The molecule has 0 bridgehead atoms. The van der Waals surface area contributed by atoms with Crippen LogP contribution in [0.1, 0.15) is 30.9 Å². The molecular formula is C19H16BrF2NO3S. The van der Waals surface area contributed by atoms with E-state index in [4.69, 9.17) is 0 Å². The summed E-state index contributed by atoms with van der Waals surface area (Å²) in [7, 11) is -4.47. The van der Waals surface area contributed by atoms with Crippen molar-refractivity contribution in [3.8, 4) is 11.8 Å². The minimum Gasteiger partial charge on any atom is -0.506 e. The maximum absolute atomic E-state index is 13.9. The van der Waals surface area contributed by atoms with Gasteiger partial charge >= 0.3 is 0 Å². The molecule has 2 aromatic rings. The minimum atomic E-state index is -4.47. The second kappa shape index (κ2) is 8.63. The number of benzene rings is 2. The summed E-state index contributed by atoms with van der Waals surface area (Å²) in [6.45, 7) is 1.99. The Morgan fingerprint density at radius 1 is 1.30 bits per heavy atom. The number of allylic oxidation sites excluding steroid dienone is 1. The lowest BCUT2D eigenvalue weighted by Crippen LogP contribution is -2.06. The van der Waals surface area contributed by atoms with Gasteiger partial charge in [0.2, 0.25) is 9.84 Å². The van der Waals surface area contributed by atoms with Crippen molar-refractivity contribution in [2.45, 2.75) is 31.1 Å². The van der Waals surface area contributed by atoms with E-state index in [0.717, 1.165) is 31.1 Å². The van der Waals surface area contributed by atoms with Crippen LogP contribution in [0.3, 0.4) is 0 Å². The Labute approximate surface area is 164 Å². The van der Waals surface area contributed by atoms with Crippen molar-refractivity contribution >= 4 is 31.8 Å². The lowest BCUT2D eigenvalue weighted by atomic mass is 10.0. The maximum Gasteiger partial charge on any atom is 0.219 e. The van der Waals surface area contributed by atoms with Crippen molar-refractivity contribution in [2.75, 3.05) is 0 Å². The van der Waals surface area contributed by atoms with E-state index < -0.39 is 31.3 Å². The van der Waals surface area contributed by atoms with Gasteiger partial charge in [0.15, 0.2) is 0 Å². The van der Waals surface area contributed by atoms with Gasteiger partial charge in [0.05, 0.1) is 4.47 Å². The van der Waals surface area contributed by atoms with E-state index in [1.54, 1.807) is 12.1 Å². The highest BCUT2D eigenvalue weighted by Gasteiger charge is 2.25. The molecule has 0 spiro atoms. The first kappa shape index (κ1) is 21.1. The lowest BCUT2D eigenvalue weighted by Gasteiger charge is -2.09. The fourth-order valence-corrected chi connectivity index (χ4v) is 4.18. The van der Waals surface area contributed by atoms with E-state index in [1.165, 1.54) is 6.07 Å². The number of unbranched alkanes of at least 4 members (excludes halogenated alkanes) is 1. The third-order valence-electron chi connectivity index (χ3n) is 3.85. The SMILES string of the molecule is CCCCc1cc(/C=C(/C#N)S(=O)(=O)c2ccc(F)cc2F)cc(Br)c1O. The average molecular weight is 456 g/mol. The van der Waals surface area contributed by atoms with Gasteiger partial charge in [-0.15, -0.1) is 0 Å². The van der Waals surface area contributed by atoms with Crippen LogP contribution in [0.25, 0.3) is 6.08 Å². The van der Waals surface area contributed by atoms with Crippen LogP contribution in [0.2, 0.25) is 0 Å². The number of halogens is 3. The van der Waals surface area contributed by atoms with Crippen LogP contribution in [-0.4, -0.2) is 13.5 Å². The zero-order valence-electron chi connectivity index (χ0n) is 14.3. The number of hydrogen-bond donors (Lipinski definition) is 1. The van der Waals surface area contributed by atoms with Crippen molar-refractivity contribution < 1.29 is 22.3 Å². The van der Waals surface area contributed by atoms with Crippen LogP contribution in [0, 0.1) is 23.0 Å². The molecule has 142 valence electrons. The largest absolute Gasteiger partial charge is 0.506 e. The quantitative estimate of drug-likeness (QED) is 0.484. The molecule has 0 unspecified atom stereocenters. The molecule has 0 fully saturated rings. The van der Waals surface area contributed by atoms with E-state index >= 15 is 0 Å². The molecule has 2 rings (SSSR count). The van der Waals surface area contributed by atoms with Crippen molar-refractivity contribution in [1.29, 1.82) is 5.26 Å². The highest BCUT2D eigenvalue weighted by atomic mass is 79.9. The molecule has 0 saturated heterocycles. The molecule has 1 N–H and O–H groups in total. The molecule has 0 radical (unpaired) electrons. The molecule has 0 saturated carbocycles. The van der Waals surface area contributed by atoms with Crippen LogP contribution in [0.5, 0.6) is 5.75 Å². The molecule has 0 aromatic heterocycles. The number of phenols is 1. The van der Waals surface area contributed by atoms with Gasteiger partial charge in [0, 0.05) is 6.07 Å². The van der Waals surface area contributed by atoms with Crippen molar-refractivity contribution in [3.63, 3.8) is 0 Å². The summed E-state index contributed by atoms with van der Waals surface area (Å²) in [5.74, 6) is -2.14. The summed E-state index contributed by atoms with van der Waals surface area (Å²) in [6.07, 6.45) is 3.39. The Balaban J connectivity index is 2.55. The Kier molecular flexibility index (Phi) is 6.73. The average Bonchev–Trinajstić information content (AvgIpc) is 2.60. The first-order chi connectivity index (χ1) is 12.7. The van der Waals surface area contributed by atoms with E-state index in [9.17, 15) is 27.6 Å². The standard InChI is InChI=1S/C19H16BrF2NO3S/c1-2-3-4-13-7-12(9-16(20)19(13)24)8-15(11-23)27(25,26)18-6-5-14(21)10-17(18)22/h5-10,24H,2-4H2,1H3/b15-8-. The molecule has 2 aromatic carbocycles. The molecule has 8 heteroatoms. The van der Waals surface area contributed by atoms with Gasteiger partial charge in [-0.25, -0.2) is 17.2 Å². The molecule has 0 atom stereocenters. The first-order valence-corrected chi connectivity index (χ1v) is 10.3. The van der Waals surface area contributed by atoms with Crippen LogP contribution in [0.4, 0.5) is 8.78 Å². The molecular weight excluding hydrogens is 440 g/mol. The Morgan fingerprint density at radius 3 is 2.59 bits per heavy atom. The number of nitrogens with zero attached hydrogens (tertiary/aromatic N) is 1. The number of aryl methyl sites for hydroxylation is 1. The summed E-state index contributed by atoms with van der Waals surface area (Å²) in [5, 5.41) is 19.4. The van der Waals surface area contributed by atoms with Crippen LogP contribution in [0.15, 0.2) is 44.6 Å². The third-order valence-corrected chi connectivity index (χ3v) is 6.15.